The highest BCUT2D eigenvalue weighted by Gasteiger charge is 2.13. The number of amides is 1. The van der Waals surface area contributed by atoms with Gasteiger partial charge in [-0.3, -0.25) is 4.79 Å². The summed E-state index contributed by atoms with van der Waals surface area (Å²) in [6.07, 6.45) is 6.55. The number of H-pyrrole nitrogens is 1. The van der Waals surface area contributed by atoms with Gasteiger partial charge in [0.05, 0.1) is 17.8 Å². The topological polar surface area (TPSA) is 83.6 Å². The Balaban J connectivity index is 2.08. The molecule has 2 aromatic heterocycles. The van der Waals surface area contributed by atoms with Crippen LogP contribution < -0.4 is 5.32 Å². The molecule has 0 saturated heterocycles. The minimum atomic E-state index is -0.353. The zero-order chi connectivity index (χ0) is 13.0. The maximum atomic E-state index is 11.9. The van der Waals surface area contributed by atoms with Crippen LogP contribution >= 0.6 is 23.4 Å². The van der Waals surface area contributed by atoms with Crippen molar-refractivity contribution in [3.63, 3.8) is 0 Å². The van der Waals surface area contributed by atoms with E-state index in [1.54, 1.807) is 12.4 Å². The first-order valence-electron chi connectivity index (χ1n) is 5.03. The van der Waals surface area contributed by atoms with Crippen molar-refractivity contribution in [2.45, 2.75) is 11.7 Å². The van der Waals surface area contributed by atoms with Gasteiger partial charge in [0.15, 0.2) is 10.9 Å². The van der Waals surface area contributed by atoms with Crippen molar-refractivity contribution >= 4 is 29.3 Å². The Morgan fingerprint density at radius 1 is 1.56 bits per heavy atom. The summed E-state index contributed by atoms with van der Waals surface area (Å²) in [6.45, 7) is 0.292. The van der Waals surface area contributed by atoms with Gasteiger partial charge in [-0.25, -0.2) is 15.0 Å². The Kier molecular flexibility index (Phi) is 4.16. The third-order valence-electron chi connectivity index (χ3n) is 2.09. The number of nitrogens with zero attached hydrogens (tertiary/aromatic N) is 3. The van der Waals surface area contributed by atoms with E-state index in [-0.39, 0.29) is 16.6 Å². The van der Waals surface area contributed by atoms with Gasteiger partial charge in [0.25, 0.3) is 5.91 Å². The largest absolute Gasteiger partial charge is 0.347 e. The Labute approximate surface area is 113 Å². The minimum absolute atomic E-state index is 0.169. The lowest BCUT2D eigenvalue weighted by atomic mass is 10.4. The Hall–Kier alpha value is -1.60. The Morgan fingerprint density at radius 3 is 3.06 bits per heavy atom. The predicted molar refractivity (Wildman–Crippen MR) is 68.6 cm³/mol. The number of hydrogen-bond donors (Lipinski definition) is 2. The van der Waals surface area contributed by atoms with Crippen LogP contribution in [-0.4, -0.2) is 32.1 Å². The van der Waals surface area contributed by atoms with E-state index < -0.39 is 0 Å². The normalized spacial score (nSPS) is 10.3. The first-order valence-corrected chi connectivity index (χ1v) is 6.64. The molecule has 0 aliphatic rings. The molecule has 0 atom stereocenters. The molecule has 0 fully saturated rings. The Morgan fingerprint density at radius 2 is 2.39 bits per heavy atom. The molecule has 2 aromatic rings. The molecule has 18 heavy (non-hydrogen) atoms. The van der Waals surface area contributed by atoms with Crippen molar-refractivity contribution in [3.05, 3.63) is 35.1 Å². The predicted octanol–water partition coefficient (Wildman–Crippen LogP) is 1.50. The molecule has 8 heteroatoms. The summed E-state index contributed by atoms with van der Waals surface area (Å²) in [4.78, 5) is 26.8. The molecular formula is C10H10ClN5OS. The Bertz CT molecular complexity index is 545. The lowest BCUT2D eigenvalue weighted by Gasteiger charge is -2.05. The smallest absolute Gasteiger partial charge is 0.271 e. The average molecular weight is 284 g/mol. The van der Waals surface area contributed by atoms with Gasteiger partial charge in [-0.15, -0.1) is 0 Å². The number of imidazole rings is 1. The van der Waals surface area contributed by atoms with Crippen LogP contribution in [0.15, 0.2) is 23.7 Å². The SMILES string of the molecule is CSc1ncc(Cl)c(C(=O)NCc2ncc[nH]2)n1. The molecule has 2 heterocycles. The lowest BCUT2D eigenvalue weighted by Crippen LogP contribution is -2.25. The molecular weight excluding hydrogens is 274 g/mol. The monoisotopic (exact) mass is 283 g/mol. The molecule has 0 spiro atoms. The van der Waals surface area contributed by atoms with E-state index in [0.717, 1.165) is 0 Å². The molecule has 2 rings (SSSR count). The molecule has 6 nitrogen and oxygen atoms in total. The van der Waals surface area contributed by atoms with Gasteiger partial charge in [0.2, 0.25) is 0 Å². The maximum absolute atomic E-state index is 11.9. The van der Waals surface area contributed by atoms with Crippen LogP contribution in [0.25, 0.3) is 0 Å². The zero-order valence-corrected chi connectivity index (χ0v) is 11.0. The van der Waals surface area contributed by atoms with Gasteiger partial charge in [-0.1, -0.05) is 23.4 Å². The minimum Gasteiger partial charge on any atom is -0.347 e. The quantitative estimate of drug-likeness (QED) is 0.656. The van der Waals surface area contributed by atoms with Crippen LogP contribution in [0.4, 0.5) is 0 Å². The number of nitrogens with one attached hydrogen (secondary N) is 2. The van der Waals surface area contributed by atoms with Crippen molar-refractivity contribution in [2.75, 3.05) is 6.26 Å². The van der Waals surface area contributed by atoms with Crippen LogP contribution in [0.1, 0.15) is 16.3 Å². The highest BCUT2D eigenvalue weighted by Crippen LogP contribution is 2.16. The molecule has 2 N–H and O–H groups in total. The summed E-state index contributed by atoms with van der Waals surface area (Å²) in [5.74, 6) is 0.313. The van der Waals surface area contributed by atoms with Gasteiger partial charge in [-0.05, 0) is 6.26 Å². The molecule has 94 valence electrons. The van der Waals surface area contributed by atoms with E-state index in [9.17, 15) is 4.79 Å². The summed E-state index contributed by atoms with van der Waals surface area (Å²) in [7, 11) is 0. The number of carbonyl (C=O) groups excluding carboxylic acids is 1. The van der Waals surface area contributed by atoms with Crippen molar-refractivity contribution in [2.24, 2.45) is 0 Å². The third kappa shape index (κ3) is 2.99. The van der Waals surface area contributed by atoms with Gasteiger partial charge in [-0.2, -0.15) is 0 Å². The second-order valence-electron chi connectivity index (χ2n) is 3.27. The molecule has 0 aromatic carbocycles. The van der Waals surface area contributed by atoms with Crippen molar-refractivity contribution < 1.29 is 4.79 Å². The first-order chi connectivity index (χ1) is 8.70. The molecule has 1 amide bonds. The summed E-state index contributed by atoms with van der Waals surface area (Å²) >= 11 is 7.24. The number of halogens is 1. The second-order valence-corrected chi connectivity index (χ2v) is 4.45. The number of thioether (sulfide) groups is 1. The van der Waals surface area contributed by atoms with Crippen molar-refractivity contribution in [1.82, 2.24) is 25.3 Å². The molecule has 0 aliphatic carbocycles. The fraction of sp³-hybridized carbons (Fsp3) is 0.200. The summed E-state index contributed by atoms with van der Waals surface area (Å²) in [5, 5.41) is 3.41. The molecule has 0 unspecified atom stereocenters. The summed E-state index contributed by atoms with van der Waals surface area (Å²) < 4.78 is 0. The van der Waals surface area contributed by atoms with Gasteiger partial charge >= 0.3 is 0 Å². The van der Waals surface area contributed by atoms with E-state index in [0.29, 0.717) is 17.5 Å². The maximum Gasteiger partial charge on any atom is 0.271 e. The summed E-state index contributed by atoms with van der Waals surface area (Å²) in [6, 6.07) is 0. The number of carbonyl (C=O) groups is 1. The van der Waals surface area contributed by atoms with E-state index >= 15 is 0 Å². The number of aromatic amines is 1. The van der Waals surface area contributed by atoms with E-state index in [4.69, 9.17) is 11.6 Å². The molecule has 0 bridgehead atoms. The van der Waals surface area contributed by atoms with Crippen LogP contribution in [0, 0.1) is 0 Å². The highest BCUT2D eigenvalue weighted by molar-refractivity contribution is 7.98. The first kappa shape index (κ1) is 12.8. The number of aromatic nitrogens is 4. The number of rotatable bonds is 4. The molecule has 0 radical (unpaired) electrons. The summed E-state index contributed by atoms with van der Waals surface area (Å²) in [5.41, 5.74) is 0.169. The highest BCUT2D eigenvalue weighted by atomic mass is 35.5. The molecule has 0 saturated carbocycles. The lowest BCUT2D eigenvalue weighted by molar-refractivity contribution is 0.0944. The fourth-order valence-electron chi connectivity index (χ4n) is 1.25. The standard InChI is InChI=1S/C10H10ClN5OS/c1-18-10-15-4-6(11)8(16-10)9(17)14-5-7-12-2-3-13-7/h2-4H,5H2,1H3,(H,12,13)(H,14,17). The molecule has 0 aliphatic heterocycles. The fourth-order valence-corrected chi connectivity index (χ4v) is 1.77. The second kappa shape index (κ2) is 5.83. The van der Waals surface area contributed by atoms with E-state index in [1.807, 2.05) is 6.26 Å². The van der Waals surface area contributed by atoms with Crippen LogP contribution in [-0.2, 0) is 6.54 Å². The van der Waals surface area contributed by atoms with Crippen molar-refractivity contribution in [3.8, 4) is 0 Å². The van der Waals surface area contributed by atoms with Crippen molar-refractivity contribution in [1.29, 1.82) is 0 Å². The number of hydrogen-bond acceptors (Lipinski definition) is 5. The third-order valence-corrected chi connectivity index (χ3v) is 2.93. The van der Waals surface area contributed by atoms with Gasteiger partial charge in [0, 0.05) is 12.4 Å². The average Bonchev–Trinajstić information content (AvgIpc) is 2.89. The van der Waals surface area contributed by atoms with E-state index in [2.05, 4.69) is 25.3 Å². The van der Waals surface area contributed by atoms with Crippen LogP contribution in [0.3, 0.4) is 0 Å². The van der Waals surface area contributed by atoms with Gasteiger partial charge in [0.1, 0.15) is 5.82 Å². The van der Waals surface area contributed by atoms with Crippen LogP contribution in [0.2, 0.25) is 5.02 Å². The van der Waals surface area contributed by atoms with Gasteiger partial charge < -0.3 is 10.3 Å². The van der Waals surface area contributed by atoms with Crippen LogP contribution in [0.5, 0.6) is 0 Å². The zero-order valence-electron chi connectivity index (χ0n) is 9.48. The van der Waals surface area contributed by atoms with E-state index in [1.165, 1.54) is 18.0 Å².